The van der Waals surface area contributed by atoms with Gasteiger partial charge in [0, 0.05) is 11.8 Å². The van der Waals surface area contributed by atoms with Crippen molar-refractivity contribution in [2.45, 2.75) is 56.9 Å². The van der Waals surface area contributed by atoms with Crippen molar-refractivity contribution in [3.63, 3.8) is 0 Å². The number of fused-ring (bicyclic) bond motifs is 2. The summed E-state index contributed by atoms with van der Waals surface area (Å²) >= 11 is 0. The monoisotopic (exact) mass is 465 g/mol. The van der Waals surface area contributed by atoms with Crippen LogP contribution in [0.1, 0.15) is 24.5 Å². The molecule has 0 radical (unpaired) electrons. The van der Waals surface area contributed by atoms with Crippen LogP contribution in [-0.4, -0.2) is 59.4 Å². The lowest BCUT2D eigenvalue weighted by atomic mass is 9.87. The van der Waals surface area contributed by atoms with Gasteiger partial charge in [-0.3, -0.25) is 4.79 Å². The standard InChI is InChI=1S/C26H31N3O5/c1-18-14-29(25(31)28-23(18)30)24-21-22(33-16-20-10-6-3-7-11-20)26(34-24,12-13-27-21)17-32-15-19-8-4-2-5-9-19/h2-11,14,21-22,24-25,27,31H,12-13,15-17H2,1H3,(H,28,30)/t21-,22+,24-,25?,26-/m1/s1. The highest BCUT2D eigenvalue weighted by Crippen LogP contribution is 2.42. The van der Waals surface area contributed by atoms with Crippen LogP contribution in [0.15, 0.2) is 72.4 Å². The van der Waals surface area contributed by atoms with E-state index in [1.165, 1.54) is 0 Å². The predicted molar refractivity (Wildman–Crippen MR) is 125 cm³/mol. The molecule has 2 aromatic rings. The Kier molecular flexibility index (Phi) is 6.67. The number of hydrogen-bond donors (Lipinski definition) is 3. The summed E-state index contributed by atoms with van der Waals surface area (Å²) in [6, 6.07) is 19.8. The van der Waals surface area contributed by atoms with Gasteiger partial charge in [-0.15, -0.1) is 0 Å². The number of aliphatic hydroxyl groups is 1. The second-order valence-corrected chi connectivity index (χ2v) is 9.11. The van der Waals surface area contributed by atoms with Crippen LogP contribution in [0.4, 0.5) is 0 Å². The van der Waals surface area contributed by atoms with E-state index >= 15 is 0 Å². The zero-order valence-corrected chi connectivity index (χ0v) is 19.2. The lowest BCUT2D eigenvalue weighted by Gasteiger charge is -2.39. The van der Waals surface area contributed by atoms with Gasteiger partial charge in [0.05, 0.1) is 25.9 Å². The van der Waals surface area contributed by atoms with Crippen molar-refractivity contribution >= 4 is 5.91 Å². The first-order chi connectivity index (χ1) is 16.6. The maximum Gasteiger partial charge on any atom is 0.251 e. The third kappa shape index (κ3) is 4.60. The van der Waals surface area contributed by atoms with Crippen molar-refractivity contribution in [1.82, 2.24) is 15.5 Å². The number of ether oxygens (including phenoxy) is 3. The Morgan fingerprint density at radius 3 is 2.47 bits per heavy atom. The molecule has 2 fully saturated rings. The first kappa shape index (κ1) is 23.0. The number of carbonyl (C=O) groups is 1. The molecule has 0 aromatic heterocycles. The van der Waals surface area contributed by atoms with Gasteiger partial charge in [-0.05, 0) is 31.0 Å². The molecule has 2 saturated heterocycles. The first-order valence-corrected chi connectivity index (χ1v) is 11.7. The van der Waals surface area contributed by atoms with Crippen LogP contribution in [0.2, 0.25) is 0 Å². The highest BCUT2D eigenvalue weighted by atomic mass is 16.6. The molecule has 5 atom stereocenters. The minimum absolute atomic E-state index is 0.216. The molecule has 3 aliphatic heterocycles. The maximum absolute atomic E-state index is 12.0. The lowest BCUT2D eigenvalue weighted by Crippen LogP contribution is -2.61. The summed E-state index contributed by atoms with van der Waals surface area (Å²) in [5, 5.41) is 16.7. The quantitative estimate of drug-likeness (QED) is 0.548. The molecule has 2 bridgehead atoms. The second-order valence-electron chi connectivity index (χ2n) is 9.11. The first-order valence-electron chi connectivity index (χ1n) is 11.7. The third-order valence-electron chi connectivity index (χ3n) is 6.70. The average Bonchev–Trinajstić information content (AvgIpc) is 3.01. The summed E-state index contributed by atoms with van der Waals surface area (Å²) in [4.78, 5) is 13.6. The van der Waals surface area contributed by atoms with Gasteiger partial charge in [-0.1, -0.05) is 60.7 Å². The number of nitrogens with zero attached hydrogens (tertiary/aromatic N) is 1. The zero-order chi connectivity index (χ0) is 23.5. The molecule has 8 nitrogen and oxygen atoms in total. The number of benzene rings is 2. The van der Waals surface area contributed by atoms with E-state index in [2.05, 4.69) is 10.6 Å². The number of amides is 1. The molecule has 8 heteroatoms. The Bertz CT molecular complexity index is 1020. The summed E-state index contributed by atoms with van der Waals surface area (Å²) in [6.07, 6.45) is 0.339. The van der Waals surface area contributed by atoms with Gasteiger partial charge >= 0.3 is 0 Å². The highest BCUT2D eigenvalue weighted by molar-refractivity contribution is 5.93. The maximum atomic E-state index is 12.0. The zero-order valence-electron chi connectivity index (χ0n) is 19.2. The number of nitrogens with one attached hydrogen (secondary N) is 2. The van der Waals surface area contributed by atoms with Crippen molar-refractivity contribution in [3.8, 4) is 0 Å². The molecule has 180 valence electrons. The SMILES string of the molecule is CC1=CN([C@@H]2O[C@@]3(COCc4ccccc4)CCN[C@@H]2[C@@H]3OCc2ccccc2)C(O)NC1=O. The molecule has 5 rings (SSSR count). The van der Waals surface area contributed by atoms with Crippen LogP contribution in [0.25, 0.3) is 0 Å². The Hall–Kier alpha value is -2.75. The van der Waals surface area contributed by atoms with E-state index in [1.54, 1.807) is 18.0 Å². The molecule has 0 spiro atoms. The van der Waals surface area contributed by atoms with Crippen LogP contribution in [0, 0.1) is 0 Å². The van der Waals surface area contributed by atoms with Crippen molar-refractivity contribution in [3.05, 3.63) is 83.6 Å². The average molecular weight is 466 g/mol. The van der Waals surface area contributed by atoms with Gasteiger partial charge in [0.15, 0.2) is 6.23 Å². The van der Waals surface area contributed by atoms with Crippen LogP contribution in [-0.2, 0) is 32.2 Å². The Morgan fingerprint density at radius 1 is 1.09 bits per heavy atom. The normalized spacial score (nSPS) is 30.7. The van der Waals surface area contributed by atoms with Gasteiger partial charge in [-0.2, -0.15) is 0 Å². The Labute approximate surface area is 199 Å². The number of rotatable bonds is 8. The van der Waals surface area contributed by atoms with E-state index in [1.807, 2.05) is 60.7 Å². The van der Waals surface area contributed by atoms with Gasteiger partial charge in [0.1, 0.15) is 11.7 Å². The second kappa shape index (κ2) is 9.85. The fraction of sp³-hybridized carbons (Fsp3) is 0.423. The van der Waals surface area contributed by atoms with Crippen molar-refractivity contribution in [2.75, 3.05) is 13.2 Å². The molecule has 1 unspecified atom stereocenters. The summed E-state index contributed by atoms with van der Waals surface area (Å²) in [5.74, 6) is -0.296. The molecule has 34 heavy (non-hydrogen) atoms. The molecular formula is C26H31N3O5. The minimum atomic E-state index is -1.18. The van der Waals surface area contributed by atoms with Crippen LogP contribution >= 0.6 is 0 Å². The summed E-state index contributed by atoms with van der Waals surface area (Å²) < 4.78 is 19.3. The summed E-state index contributed by atoms with van der Waals surface area (Å²) in [7, 11) is 0. The van der Waals surface area contributed by atoms with Crippen molar-refractivity contribution in [1.29, 1.82) is 0 Å². The smallest absolute Gasteiger partial charge is 0.251 e. The third-order valence-corrected chi connectivity index (χ3v) is 6.70. The molecule has 0 saturated carbocycles. The van der Waals surface area contributed by atoms with E-state index in [4.69, 9.17) is 14.2 Å². The van der Waals surface area contributed by atoms with E-state index in [9.17, 15) is 9.90 Å². The van der Waals surface area contributed by atoms with Gasteiger partial charge in [0.25, 0.3) is 5.91 Å². The van der Waals surface area contributed by atoms with E-state index in [0.717, 1.165) is 17.7 Å². The number of piperidine rings is 1. The molecule has 1 amide bonds. The van der Waals surface area contributed by atoms with Gasteiger partial charge < -0.3 is 34.9 Å². The van der Waals surface area contributed by atoms with Gasteiger partial charge in [0.2, 0.25) is 6.35 Å². The largest absolute Gasteiger partial charge is 0.374 e. The highest BCUT2D eigenvalue weighted by Gasteiger charge is 2.60. The van der Waals surface area contributed by atoms with Gasteiger partial charge in [-0.25, -0.2) is 0 Å². The fourth-order valence-corrected chi connectivity index (χ4v) is 4.95. The van der Waals surface area contributed by atoms with Crippen LogP contribution < -0.4 is 10.6 Å². The van der Waals surface area contributed by atoms with E-state index in [0.29, 0.717) is 31.8 Å². The van der Waals surface area contributed by atoms with Crippen molar-refractivity contribution in [2.24, 2.45) is 0 Å². The molecule has 0 aliphatic carbocycles. The van der Waals surface area contributed by atoms with E-state index in [-0.39, 0.29) is 18.1 Å². The number of hydrogen-bond acceptors (Lipinski definition) is 7. The molecule has 3 heterocycles. The number of carbonyl (C=O) groups excluding carboxylic acids is 1. The molecule has 3 N–H and O–H groups in total. The summed E-state index contributed by atoms with van der Waals surface area (Å²) in [6.45, 7) is 3.72. The predicted octanol–water partition coefficient (Wildman–Crippen LogP) is 1.86. The summed E-state index contributed by atoms with van der Waals surface area (Å²) in [5.41, 5.74) is 1.98. The number of aliphatic hydroxyl groups excluding tert-OH is 1. The topological polar surface area (TPSA) is 92.3 Å². The Morgan fingerprint density at radius 2 is 1.76 bits per heavy atom. The molecule has 3 aliphatic rings. The molecular weight excluding hydrogens is 434 g/mol. The fourth-order valence-electron chi connectivity index (χ4n) is 4.95. The minimum Gasteiger partial charge on any atom is -0.374 e. The van der Waals surface area contributed by atoms with E-state index < -0.39 is 18.2 Å². The Balaban J connectivity index is 1.38. The molecule has 2 aromatic carbocycles. The van der Waals surface area contributed by atoms with Crippen molar-refractivity contribution < 1.29 is 24.1 Å². The lowest BCUT2D eigenvalue weighted by molar-refractivity contribution is -0.184. The van der Waals surface area contributed by atoms with Crippen LogP contribution in [0.3, 0.4) is 0 Å². The van der Waals surface area contributed by atoms with Crippen LogP contribution in [0.5, 0.6) is 0 Å².